The second-order valence-corrected chi connectivity index (χ2v) is 9.64. The first-order valence-corrected chi connectivity index (χ1v) is 13.2. The van der Waals surface area contributed by atoms with Crippen molar-refractivity contribution in [3.8, 4) is 0 Å². The van der Waals surface area contributed by atoms with Gasteiger partial charge in [-0.25, -0.2) is 13.2 Å². The molecule has 1 amide bonds. The molecule has 9 nitrogen and oxygen atoms in total. The molecule has 0 bridgehead atoms. The minimum absolute atomic E-state index is 0. The summed E-state index contributed by atoms with van der Waals surface area (Å²) in [7, 11) is -5.25. The summed E-state index contributed by atoms with van der Waals surface area (Å²) in [4.78, 5) is 34.7. The second-order valence-electron chi connectivity index (χ2n) is 8.09. The maximum atomic E-state index is 12.1. The van der Waals surface area contributed by atoms with E-state index in [0.29, 0.717) is 6.42 Å². The third-order valence-corrected chi connectivity index (χ3v) is 6.31. The smallest absolute Gasteiger partial charge is 0.747 e. The van der Waals surface area contributed by atoms with Crippen molar-refractivity contribution >= 4 is 28.0 Å². The fourth-order valence-corrected chi connectivity index (χ4v) is 3.86. The van der Waals surface area contributed by atoms with Gasteiger partial charge in [0.05, 0.1) is 17.8 Å². The Balaban J connectivity index is -0.00000480. The number of carboxylic acids is 1. The SMILES string of the molecule is CCCCCCCCCCCCCCOC(=O)C(CC)NC(=O)CC(C(=O)[O-])S(=O)(=O)[O-].[Na+].[Na+]. The van der Waals surface area contributed by atoms with Crippen molar-refractivity contribution in [3.63, 3.8) is 0 Å². The topological polar surface area (TPSA) is 153 Å². The summed E-state index contributed by atoms with van der Waals surface area (Å²) in [5.74, 6) is -3.88. The normalized spacial score (nSPS) is 12.6. The predicted molar refractivity (Wildman–Crippen MR) is 117 cm³/mol. The zero-order valence-corrected chi connectivity index (χ0v) is 26.3. The van der Waals surface area contributed by atoms with Gasteiger partial charge in [-0.3, -0.25) is 4.79 Å². The average molecular weight is 524 g/mol. The molecular formula is C22H39NNa2O8S. The van der Waals surface area contributed by atoms with Gasteiger partial charge in [0.2, 0.25) is 5.91 Å². The first kappa shape index (κ1) is 38.8. The van der Waals surface area contributed by atoms with Crippen LogP contribution < -0.4 is 69.5 Å². The summed E-state index contributed by atoms with van der Waals surface area (Å²) in [5.41, 5.74) is 0. The van der Waals surface area contributed by atoms with Crippen LogP contribution in [0.25, 0.3) is 0 Å². The van der Waals surface area contributed by atoms with E-state index in [1.54, 1.807) is 6.92 Å². The third kappa shape index (κ3) is 20.5. The minimum atomic E-state index is -5.25. The molecular weight excluding hydrogens is 484 g/mol. The van der Waals surface area contributed by atoms with Crippen LogP contribution in [0.2, 0.25) is 0 Å². The summed E-state index contributed by atoms with van der Waals surface area (Å²) in [6.45, 7) is 4.03. The standard InChI is InChI=1S/C22H41NO8S.2Na/c1-3-5-6-7-8-9-10-11-12-13-14-15-16-31-22(27)18(4-2)23-20(24)17-19(21(25)26)32(28,29)30;;/h18-19H,3-17H2,1-2H3,(H,23,24)(H,25,26)(H,28,29,30);;/q;2*+1/p-2. The molecule has 0 saturated heterocycles. The van der Waals surface area contributed by atoms with Crippen molar-refractivity contribution in [2.75, 3.05) is 6.61 Å². The Morgan fingerprint density at radius 2 is 1.26 bits per heavy atom. The summed E-state index contributed by atoms with van der Waals surface area (Å²) >= 11 is 0. The fourth-order valence-electron chi connectivity index (χ4n) is 3.27. The Hall–Kier alpha value is 0.320. The van der Waals surface area contributed by atoms with Crippen molar-refractivity contribution in [2.24, 2.45) is 0 Å². The van der Waals surface area contributed by atoms with Gasteiger partial charge in [-0.2, -0.15) is 0 Å². The maximum absolute atomic E-state index is 12.1. The second kappa shape index (κ2) is 23.7. The molecule has 2 unspecified atom stereocenters. The van der Waals surface area contributed by atoms with Crippen molar-refractivity contribution < 1.29 is 96.3 Å². The zero-order chi connectivity index (χ0) is 24.4. The van der Waals surface area contributed by atoms with E-state index in [2.05, 4.69) is 12.2 Å². The number of aliphatic carboxylic acids is 1. The quantitative estimate of drug-likeness (QED) is 0.0738. The van der Waals surface area contributed by atoms with Crippen molar-refractivity contribution in [2.45, 2.75) is 115 Å². The van der Waals surface area contributed by atoms with Gasteiger partial charge in [-0.1, -0.05) is 84.5 Å². The molecule has 188 valence electrons. The van der Waals surface area contributed by atoms with Crippen LogP contribution >= 0.6 is 0 Å². The van der Waals surface area contributed by atoms with Crippen molar-refractivity contribution in [1.82, 2.24) is 5.32 Å². The number of unbranched alkanes of at least 4 members (excludes halogenated alkanes) is 11. The maximum Gasteiger partial charge on any atom is 1.00 e. The molecule has 0 fully saturated rings. The van der Waals surface area contributed by atoms with Gasteiger partial charge >= 0.3 is 65.1 Å². The van der Waals surface area contributed by atoms with Gasteiger partial charge in [0, 0.05) is 6.42 Å². The number of esters is 1. The van der Waals surface area contributed by atoms with Crippen LogP contribution in [-0.4, -0.2) is 48.7 Å². The molecule has 0 heterocycles. The molecule has 0 spiro atoms. The number of carbonyl (C=O) groups excluding carboxylic acids is 3. The van der Waals surface area contributed by atoms with Crippen LogP contribution in [0.1, 0.15) is 104 Å². The van der Waals surface area contributed by atoms with Crippen molar-refractivity contribution in [1.29, 1.82) is 0 Å². The summed E-state index contributed by atoms with van der Waals surface area (Å²) in [6, 6.07) is -1.04. The molecule has 1 N–H and O–H groups in total. The van der Waals surface area contributed by atoms with E-state index in [4.69, 9.17) is 4.74 Å². The summed E-state index contributed by atoms with van der Waals surface area (Å²) in [5, 5.41) is 10.5. The van der Waals surface area contributed by atoms with E-state index in [1.165, 1.54) is 51.4 Å². The van der Waals surface area contributed by atoms with Crippen LogP contribution in [0.4, 0.5) is 0 Å². The van der Waals surface area contributed by atoms with E-state index in [1.807, 2.05) is 0 Å². The fraction of sp³-hybridized carbons (Fsp3) is 0.864. The van der Waals surface area contributed by atoms with Crippen LogP contribution in [0.5, 0.6) is 0 Å². The average Bonchev–Trinajstić information content (AvgIpc) is 2.72. The Kier molecular flexibility index (Phi) is 27.1. The van der Waals surface area contributed by atoms with E-state index in [9.17, 15) is 32.5 Å². The third-order valence-electron chi connectivity index (χ3n) is 5.25. The number of carbonyl (C=O) groups is 3. The molecule has 34 heavy (non-hydrogen) atoms. The predicted octanol–water partition coefficient (Wildman–Crippen LogP) is -3.81. The molecule has 0 aliphatic rings. The van der Waals surface area contributed by atoms with Crippen LogP contribution in [0.3, 0.4) is 0 Å². The number of rotatable bonds is 20. The monoisotopic (exact) mass is 523 g/mol. The number of ether oxygens (including phenoxy) is 1. The van der Waals surface area contributed by atoms with Gasteiger partial charge in [0.25, 0.3) is 0 Å². The minimum Gasteiger partial charge on any atom is -0.747 e. The van der Waals surface area contributed by atoms with Gasteiger partial charge in [0.15, 0.2) is 0 Å². The Morgan fingerprint density at radius 3 is 1.65 bits per heavy atom. The van der Waals surface area contributed by atoms with E-state index in [-0.39, 0.29) is 72.1 Å². The number of amides is 1. The zero-order valence-electron chi connectivity index (χ0n) is 21.4. The van der Waals surface area contributed by atoms with Gasteiger partial charge in [-0.05, 0) is 12.8 Å². The van der Waals surface area contributed by atoms with Crippen LogP contribution in [-0.2, 0) is 29.2 Å². The van der Waals surface area contributed by atoms with Gasteiger partial charge < -0.3 is 24.5 Å². The largest absolute Gasteiger partial charge is 1.00 e. The Labute approximate surface area is 249 Å². The number of hydrogen-bond acceptors (Lipinski definition) is 8. The Bertz CT molecular complexity index is 661. The molecule has 0 aromatic heterocycles. The van der Waals surface area contributed by atoms with E-state index in [0.717, 1.165) is 19.3 Å². The van der Waals surface area contributed by atoms with Gasteiger partial charge in [0.1, 0.15) is 16.2 Å². The summed E-state index contributed by atoms with van der Waals surface area (Å²) in [6.07, 6.45) is 13.2. The molecule has 0 saturated carbocycles. The summed E-state index contributed by atoms with van der Waals surface area (Å²) < 4.78 is 37.8. The van der Waals surface area contributed by atoms with E-state index < -0.39 is 45.7 Å². The molecule has 0 aliphatic carbocycles. The Morgan fingerprint density at radius 1 is 0.824 bits per heavy atom. The molecule has 12 heteroatoms. The molecule has 0 aromatic rings. The van der Waals surface area contributed by atoms with Crippen LogP contribution in [0, 0.1) is 0 Å². The molecule has 0 aliphatic heterocycles. The molecule has 0 rings (SSSR count). The van der Waals surface area contributed by atoms with Crippen molar-refractivity contribution in [3.05, 3.63) is 0 Å². The molecule has 2 atom stereocenters. The van der Waals surface area contributed by atoms with Gasteiger partial charge in [-0.15, -0.1) is 0 Å². The van der Waals surface area contributed by atoms with Crippen LogP contribution in [0.15, 0.2) is 0 Å². The molecule has 0 radical (unpaired) electrons. The first-order chi connectivity index (χ1) is 15.1. The number of nitrogens with one attached hydrogen (secondary N) is 1. The first-order valence-electron chi connectivity index (χ1n) is 11.7. The number of carboxylic acid groups (broad SMARTS) is 1. The molecule has 0 aromatic carbocycles. The number of hydrogen-bond donors (Lipinski definition) is 1. The van der Waals surface area contributed by atoms with E-state index >= 15 is 0 Å².